The van der Waals surface area contributed by atoms with Crippen LogP contribution in [0.25, 0.3) is 0 Å². The molecule has 0 aromatic rings. The molecule has 2 aliphatic rings. The van der Waals surface area contributed by atoms with Crippen molar-refractivity contribution < 1.29 is 28.0 Å². The zero-order valence-corrected chi connectivity index (χ0v) is 15.5. The van der Waals surface area contributed by atoms with Crippen LogP contribution in [0.5, 0.6) is 0 Å². The Balaban J connectivity index is 0.000000364. The number of hydrogen-bond acceptors (Lipinski definition) is 6. The van der Waals surface area contributed by atoms with E-state index in [2.05, 4.69) is 9.05 Å². The van der Waals surface area contributed by atoms with Crippen LogP contribution in [0, 0.1) is 0 Å². The topological polar surface area (TPSA) is 98.7 Å². The van der Waals surface area contributed by atoms with Gasteiger partial charge in [0.1, 0.15) is 12.2 Å². The summed E-state index contributed by atoms with van der Waals surface area (Å²) in [5, 5.41) is 0. The van der Waals surface area contributed by atoms with Gasteiger partial charge in [0.25, 0.3) is 0 Å². The minimum Gasteiger partial charge on any atom is -0.566 e. The Morgan fingerprint density at radius 1 is 0.667 bits per heavy atom. The fraction of sp³-hybridized carbons (Fsp3) is 1.00. The van der Waals surface area contributed by atoms with Crippen LogP contribution < -0.4 is 9.79 Å². The van der Waals surface area contributed by atoms with Crippen LogP contribution in [0.1, 0.15) is 64.2 Å². The van der Waals surface area contributed by atoms with E-state index in [-0.39, 0.29) is 35.3 Å². The van der Waals surface area contributed by atoms with Gasteiger partial charge in [-0.2, -0.15) is 0 Å². The Hall–Kier alpha value is 0.806. The third kappa shape index (κ3) is 12.0. The summed E-state index contributed by atoms with van der Waals surface area (Å²) in [4.78, 5) is 20.2. The van der Waals surface area contributed by atoms with Gasteiger partial charge >= 0.3 is 39.6 Å². The molecule has 0 spiro atoms. The molecule has 2 aliphatic carbocycles. The van der Waals surface area contributed by atoms with Gasteiger partial charge in [0.15, 0.2) is 0 Å². The molecule has 0 heterocycles. The Morgan fingerprint density at radius 3 is 1.19 bits per heavy atom. The molecule has 0 aromatic heterocycles. The Morgan fingerprint density at radius 2 is 0.952 bits per heavy atom. The van der Waals surface area contributed by atoms with Gasteiger partial charge in [-0.1, -0.05) is 38.5 Å². The normalized spacial score (nSPS) is 21.6. The second-order valence-corrected chi connectivity index (χ2v) is 6.49. The first kappa shape index (κ1) is 21.8. The molecule has 2 saturated carbocycles. The van der Waals surface area contributed by atoms with Gasteiger partial charge in [0.2, 0.25) is 0 Å². The molecule has 9 heteroatoms. The number of rotatable bonds is 4. The van der Waals surface area contributed by atoms with Crippen LogP contribution in [-0.4, -0.2) is 35.3 Å². The van der Waals surface area contributed by atoms with Crippen LogP contribution in [-0.2, 0) is 18.2 Å². The van der Waals surface area contributed by atoms with E-state index in [4.69, 9.17) is 0 Å². The van der Waals surface area contributed by atoms with E-state index < -0.39 is 16.5 Å². The third-order valence-corrected chi connectivity index (χ3v) is 4.52. The molecule has 0 N–H and O–H groups in total. The van der Waals surface area contributed by atoms with Crippen molar-refractivity contribution in [2.45, 2.75) is 76.4 Å². The van der Waals surface area contributed by atoms with E-state index >= 15 is 0 Å². The molecular weight excluding hydrogens is 326 g/mol. The van der Waals surface area contributed by atoms with Crippen LogP contribution in [0.4, 0.5) is 0 Å². The first-order valence-corrected chi connectivity index (χ1v) is 9.39. The summed E-state index contributed by atoms with van der Waals surface area (Å²) < 4.78 is 29.5. The smallest absolute Gasteiger partial charge is 0.566 e. The quantitative estimate of drug-likeness (QED) is 0.571. The second kappa shape index (κ2) is 13.3. The fourth-order valence-corrected chi connectivity index (χ4v) is 3.49. The molecule has 0 aromatic carbocycles. The Labute approximate surface area is 144 Å². The molecular formula is C12H22MgO6P2+2. The molecule has 2 unspecified atom stereocenters. The summed E-state index contributed by atoms with van der Waals surface area (Å²) in [6.45, 7) is 0. The molecule has 2 atom stereocenters. The van der Waals surface area contributed by atoms with Crippen LogP contribution >= 0.6 is 16.5 Å². The average molecular weight is 349 g/mol. The fourth-order valence-electron chi connectivity index (χ4n) is 2.58. The molecule has 2 rings (SSSR count). The van der Waals surface area contributed by atoms with Gasteiger partial charge in [-0.25, -0.2) is 0 Å². The molecule has 0 radical (unpaired) electrons. The van der Waals surface area contributed by atoms with Crippen LogP contribution in [0.3, 0.4) is 0 Å². The molecule has 2 fully saturated rings. The average Bonchev–Trinajstić information content (AvgIpc) is 2.40. The molecule has 116 valence electrons. The van der Waals surface area contributed by atoms with Crippen molar-refractivity contribution in [1.82, 2.24) is 0 Å². The predicted octanol–water partition coefficient (Wildman–Crippen LogP) is 2.33. The van der Waals surface area contributed by atoms with Crippen molar-refractivity contribution in [3.8, 4) is 0 Å². The minimum absolute atomic E-state index is 0. The zero-order chi connectivity index (χ0) is 14.8. The van der Waals surface area contributed by atoms with Gasteiger partial charge in [0.05, 0.1) is 0 Å². The Kier molecular flexibility index (Phi) is 13.8. The Bertz CT molecular complexity index is 276. The third-order valence-electron chi connectivity index (χ3n) is 3.57. The summed E-state index contributed by atoms with van der Waals surface area (Å²) in [5.41, 5.74) is 0. The van der Waals surface area contributed by atoms with Crippen LogP contribution in [0.2, 0.25) is 0 Å². The maximum atomic E-state index is 10.1. The summed E-state index contributed by atoms with van der Waals surface area (Å²) in [6, 6.07) is 0. The van der Waals surface area contributed by atoms with Crippen molar-refractivity contribution in [3.05, 3.63) is 0 Å². The van der Waals surface area contributed by atoms with E-state index in [1.54, 1.807) is 0 Å². The first-order valence-electron chi connectivity index (χ1n) is 7.20. The molecule has 0 saturated heterocycles. The van der Waals surface area contributed by atoms with E-state index in [1.807, 2.05) is 0 Å². The van der Waals surface area contributed by atoms with Crippen molar-refractivity contribution in [3.63, 3.8) is 0 Å². The molecule has 0 aliphatic heterocycles. The van der Waals surface area contributed by atoms with Crippen molar-refractivity contribution in [2.24, 2.45) is 0 Å². The monoisotopic (exact) mass is 348 g/mol. The van der Waals surface area contributed by atoms with Gasteiger partial charge in [-0.3, -0.25) is 0 Å². The molecule has 0 bridgehead atoms. The molecule has 21 heavy (non-hydrogen) atoms. The van der Waals surface area contributed by atoms with Gasteiger partial charge in [0, 0.05) is 0 Å². The van der Waals surface area contributed by atoms with Gasteiger partial charge < -0.3 is 9.79 Å². The van der Waals surface area contributed by atoms with Crippen LogP contribution in [0.15, 0.2) is 0 Å². The summed E-state index contributed by atoms with van der Waals surface area (Å²) >= 11 is 0. The van der Waals surface area contributed by atoms with Gasteiger partial charge in [-0.05, 0) is 34.8 Å². The van der Waals surface area contributed by atoms with E-state index in [0.717, 1.165) is 51.4 Å². The van der Waals surface area contributed by atoms with Crippen molar-refractivity contribution in [2.75, 3.05) is 0 Å². The summed E-state index contributed by atoms with van der Waals surface area (Å²) in [6.07, 6.45) is 10.4. The van der Waals surface area contributed by atoms with Gasteiger partial charge in [-0.15, -0.1) is 9.05 Å². The maximum Gasteiger partial charge on any atom is 2.00 e. The molecule has 0 amide bonds. The van der Waals surface area contributed by atoms with Crippen molar-refractivity contribution >= 4 is 39.6 Å². The largest absolute Gasteiger partial charge is 2.00 e. The predicted molar refractivity (Wildman–Crippen MR) is 76.9 cm³/mol. The van der Waals surface area contributed by atoms with Crippen molar-refractivity contribution in [1.29, 1.82) is 0 Å². The van der Waals surface area contributed by atoms with E-state index in [0.29, 0.717) is 0 Å². The summed E-state index contributed by atoms with van der Waals surface area (Å²) in [5.74, 6) is 0. The number of hydrogen-bond donors (Lipinski definition) is 0. The molecule has 6 nitrogen and oxygen atoms in total. The standard InChI is InChI=1S/2C6H11O3P.Mg/c2*7-10(8)9-6-4-2-1-3-5-6;/h2*6H,1-5H2;/q;;+2. The van der Waals surface area contributed by atoms with E-state index in [1.165, 1.54) is 12.8 Å². The maximum absolute atomic E-state index is 10.1. The second-order valence-electron chi connectivity index (χ2n) is 5.18. The zero-order valence-electron chi connectivity index (χ0n) is 12.3. The van der Waals surface area contributed by atoms with E-state index in [9.17, 15) is 18.9 Å². The minimum atomic E-state index is -2.62. The SMILES string of the molecule is O=[P+]([O-])OC1CCCCC1.O=[P+]([O-])OC1CCCCC1.[Mg+2]. The first-order chi connectivity index (χ1) is 9.58. The summed E-state index contributed by atoms with van der Waals surface area (Å²) in [7, 11) is -5.25.